The Hall–Kier alpha value is -2.13. The van der Waals surface area contributed by atoms with E-state index in [2.05, 4.69) is 72.6 Å². The van der Waals surface area contributed by atoms with Gasteiger partial charge in [-0.2, -0.15) is 0 Å². The molecule has 0 radical (unpaired) electrons. The van der Waals surface area contributed by atoms with E-state index >= 15 is 0 Å². The van der Waals surface area contributed by atoms with E-state index in [0.717, 1.165) is 38.8 Å². The van der Waals surface area contributed by atoms with Gasteiger partial charge in [0, 0.05) is 19.5 Å². The predicted molar refractivity (Wildman–Crippen MR) is 112 cm³/mol. The third-order valence-corrected chi connectivity index (χ3v) is 5.65. The molecule has 0 spiro atoms. The molecule has 1 amide bonds. The molecular formula is C24H32N2O. The normalized spacial score (nSPS) is 19.9. The van der Waals surface area contributed by atoms with Gasteiger partial charge in [-0.15, -0.1) is 0 Å². The maximum Gasteiger partial charge on any atom is 0.219 e. The largest absolute Gasteiger partial charge is 0.338 e. The summed E-state index contributed by atoms with van der Waals surface area (Å²) in [5.41, 5.74) is 5.27. The molecule has 0 bridgehead atoms. The van der Waals surface area contributed by atoms with Crippen molar-refractivity contribution < 1.29 is 4.79 Å². The number of likely N-dealkylation sites (tertiary alicyclic amines) is 1. The van der Waals surface area contributed by atoms with Crippen LogP contribution in [0.15, 0.2) is 48.5 Å². The van der Waals surface area contributed by atoms with Crippen LogP contribution in [-0.4, -0.2) is 36.0 Å². The highest BCUT2D eigenvalue weighted by molar-refractivity contribution is 5.73. The Morgan fingerprint density at radius 3 is 2.56 bits per heavy atom. The van der Waals surface area contributed by atoms with Crippen LogP contribution in [0.5, 0.6) is 0 Å². The fourth-order valence-corrected chi connectivity index (χ4v) is 4.17. The zero-order chi connectivity index (χ0) is 19.2. The molecule has 1 aliphatic heterocycles. The van der Waals surface area contributed by atoms with E-state index in [9.17, 15) is 4.79 Å². The summed E-state index contributed by atoms with van der Waals surface area (Å²) in [7, 11) is 0. The first-order valence-corrected chi connectivity index (χ1v) is 10.1. The minimum absolute atomic E-state index is 0.192. The monoisotopic (exact) mass is 364 g/mol. The molecule has 3 heteroatoms. The van der Waals surface area contributed by atoms with E-state index in [1.165, 1.54) is 22.3 Å². The Morgan fingerprint density at radius 2 is 1.85 bits per heavy atom. The van der Waals surface area contributed by atoms with Crippen molar-refractivity contribution >= 4 is 5.91 Å². The minimum Gasteiger partial charge on any atom is -0.338 e. The Morgan fingerprint density at radius 1 is 1.07 bits per heavy atom. The molecule has 1 fully saturated rings. The highest BCUT2D eigenvalue weighted by Crippen LogP contribution is 2.22. The van der Waals surface area contributed by atoms with E-state index in [1.54, 1.807) is 6.92 Å². The van der Waals surface area contributed by atoms with Crippen LogP contribution < -0.4 is 5.32 Å². The molecule has 2 aromatic carbocycles. The predicted octanol–water partition coefficient (Wildman–Crippen LogP) is 4.06. The quantitative estimate of drug-likeness (QED) is 0.838. The molecule has 3 nitrogen and oxygen atoms in total. The Kier molecular flexibility index (Phi) is 6.68. The number of carbonyl (C=O) groups is 1. The standard InChI is InChI=1S/C24H32N2O/c1-18-9-11-22(12-10-18)17-24-23(8-5-15-26(24)20(3)27)25-14-13-21-7-4-6-19(2)16-21/h4,6-7,9-12,16,23-25H,5,8,13-15,17H2,1-3H3/t23-,24-/m0/s1. The van der Waals surface area contributed by atoms with Crippen LogP contribution in [0.3, 0.4) is 0 Å². The lowest BCUT2D eigenvalue weighted by Crippen LogP contribution is -2.56. The third kappa shape index (κ3) is 5.43. The number of amides is 1. The molecule has 27 heavy (non-hydrogen) atoms. The first-order chi connectivity index (χ1) is 13.0. The van der Waals surface area contributed by atoms with E-state index in [4.69, 9.17) is 0 Å². The summed E-state index contributed by atoms with van der Waals surface area (Å²) in [6.45, 7) is 7.78. The molecule has 3 rings (SSSR count). The van der Waals surface area contributed by atoms with Gasteiger partial charge in [0.2, 0.25) is 5.91 Å². The molecule has 0 saturated carbocycles. The van der Waals surface area contributed by atoms with Gasteiger partial charge in [-0.25, -0.2) is 0 Å². The maximum atomic E-state index is 12.2. The number of piperidine rings is 1. The highest BCUT2D eigenvalue weighted by Gasteiger charge is 2.32. The average Bonchev–Trinajstić information content (AvgIpc) is 2.64. The summed E-state index contributed by atoms with van der Waals surface area (Å²) in [6, 6.07) is 18.0. The zero-order valence-corrected chi connectivity index (χ0v) is 16.9. The van der Waals surface area contributed by atoms with Gasteiger partial charge in [-0.05, 0) is 57.2 Å². The smallest absolute Gasteiger partial charge is 0.219 e. The van der Waals surface area contributed by atoms with Crippen molar-refractivity contribution in [2.45, 2.75) is 58.5 Å². The van der Waals surface area contributed by atoms with Crippen molar-refractivity contribution in [3.63, 3.8) is 0 Å². The van der Waals surface area contributed by atoms with Crippen LogP contribution >= 0.6 is 0 Å². The number of hydrogen-bond acceptors (Lipinski definition) is 2. The molecule has 144 valence electrons. The second-order valence-corrected chi connectivity index (χ2v) is 7.91. The van der Waals surface area contributed by atoms with Crippen molar-refractivity contribution in [3.05, 3.63) is 70.8 Å². The molecule has 1 saturated heterocycles. The van der Waals surface area contributed by atoms with Gasteiger partial charge in [0.25, 0.3) is 0 Å². The van der Waals surface area contributed by atoms with Gasteiger partial charge in [-0.3, -0.25) is 4.79 Å². The van der Waals surface area contributed by atoms with Gasteiger partial charge < -0.3 is 10.2 Å². The molecule has 0 unspecified atom stereocenters. The van der Waals surface area contributed by atoms with Crippen molar-refractivity contribution in [3.8, 4) is 0 Å². The second kappa shape index (κ2) is 9.18. The van der Waals surface area contributed by atoms with Crippen LogP contribution in [0, 0.1) is 13.8 Å². The van der Waals surface area contributed by atoms with Gasteiger partial charge in [-0.1, -0.05) is 59.7 Å². The van der Waals surface area contributed by atoms with Crippen molar-refractivity contribution in [1.82, 2.24) is 10.2 Å². The molecule has 1 heterocycles. The van der Waals surface area contributed by atoms with E-state index in [0.29, 0.717) is 6.04 Å². The number of hydrogen-bond donors (Lipinski definition) is 1. The lowest BCUT2D eigenvalue weighted by atomic mass is 9.90. The van der Waals surface area contributed by atoms with E-state index in [-0.39, 0.29) is 11.9 Å². The number of benzene rings is 2. The molecule has 0 aromatic heterocycles. The summed E-state index contributed by atoms with van der Waals surface area (Å²) in [5.74, 6) is 0.192. The van der Waals surface area contributed by atoms with Crippen molar-refractivity contribution in [2.24, 2.45) is 0 Å². The third-order valence-electron chi connectivity index (χ3n) is 5.65. The van der Waals surface area contributed by atoms with E-state index in [1.807, 2.05) is 0 Å². The van der Waals surface area contributed by atoms with Gasteiger partial charge in [0.15, 0.2) is 0 Å². The van der Waals surface area contributed by atoms with Gasteiger partial charge in [0.05, 0.1) is 6.04 Å². The first kappa shape index (κ1) is 19.6. The molecule has 1 aliphatic rings. The van der Waals surface area contributed by atoms with Crippen molar-refractivity contribution in [1.29, 1.82) is 0 Å². The van der Waals surface area contributed by atoms with Crippen LogP contribution in [0.4, 0.5) is 0 Å². The summed E-state index contributed by atoms with van der Waals surface area (Å²) in [5, 5.41) is 3.76. The number of carbonyl (C=O) groups excluding carboxylic acids is 1. The number of nitrogens with one attached hydrogen (secondary N) is 1. The summed E-state index contributed by atoms with van der Waals surface area (Å²) in [4.78, 5) is 14.3. The summed E-state index contributed by atoms with van der Waals surface area (Å²) >= 11 is 0. The minimum atomic E-state index is 0.192. The molecular weight excluding hydrogens is 332 g/mol. The summed E-state index contributed by atoms with van der Waals surface area (Å²) in [6.07, 6.45) is 4.15. The topological polar surface area (TPSA) is 32.3 Å². The van der Waals surface area contributed by atoms with Gasteiger partial charge in [0.1, 0.15) is 0 Å². The molecule has 0 aliphatic carbocycles. The van der Waals surface area contributed by atoms with Crippen LogP contribution in [0.25, 0.3) is 0 Å². The Bertz CT molecular complexity index is 753. The van der Waals surface area contributed by atoms with Crippen molar-refractivity contribution in [2.75, 3.05) is 13.1 Å². The second-order valence-electron chi connectivity index (χ2n) is 7.91. The average molecular weight is 365 g/mol. The SMILES string of the molecule is CC(=O)N1CCC[C@H](NCCc2cccc(C)c2)[C@@H]1Cc1ccc(C)cc1. The van der Waals surface area contributed by atoms with Crippen LogP contribution in [-0.2, 0) is 17.6 Å². The van der Waals surface area contributed by atoms with Crippen LogP contribution in [0.1, 0.15) is 42.0 Å². The number of aryl methyl sites for hydroxylation is 2. The molecule has 2 atom stereocenters. The van der Waals surface area contributed by atoms with E-state index < -0.39 is 0 Å². The maximum absolute atomic E-state index is 12.2. The summed E-state index contributed by atoms with van der Waals surface area (Å²) < 4.78 is 0. The highest BCUT2D eigenvalue weighted by atomic mass is 16.2. The van der Waals surface area contributed by atoms with Crippen LogP contribution in [0.2, 0.25) is 0 Å². The first-order valence-electron chi connectivity index (χ1n) is 10.1. The number of nitrogens with zero attached hydrogens (tertiary/aromatic N) is 1. The Balaban J connectivity index is 1.66. The lowest BCUT2D eigenvalue weighted by Gasteiger charge is -2.41. The lowest BCUT2D eigenvalue weighted by molar-refractivity contribution is -0.133. The Labute approximate surface area is 163 Å². The molecule has 2 aromatic rings. The fraction of sp³-hybridized carbons (Fsp3) is 0.458. The fourth-order valence-electron chi connectivity index (χ4n) is 4.17. The van der Waals surface area contributed by atoms with Gasteiger partial charge >= 0.3 is 0 Å². The molecule has 1 N–H and O–H groups in total. The zero-order valence-electron chi connectivity index (χ0n) is 16.9. The number of rotatable bonds is 6.